The van der Waals surface area contributed by atoms with E-state index < -0.39 is 18.0 Å². The van der Waals surface area contributed by atoms with Gasteiger partial charge in [0.2, 0.25) is 0 Å². The van der Waals surface area contributed by atoms with Crippen LogP contribution in [0.5, 0.6) is 0 Å². The van der Waals surface area contributed by atoms with Crippen LogP contribution >= 0.6 is 23.2 Å². The summed E-state index contributed by atoms with van der Waals surface area (Å²) in [7, 11) is 0. The number of rotatable bonds is 8. The van der Waals surface area contributed by atoms with Gasteiger partial charge in [-0.3, -0.25) is 14.4 Å². The normalized spacial score (nSPS) is 13.3. The summed E-state index contributed by atoms with van der Waals surface area (Å²) < 4.78 is 0. The van der Waals surface area contributed by atoms with E-state index in [9.17, 15) is 14.4 Å². The minimum atomic E-state index is -0.933. The first-order valence-corrected chi connectivity index (χ1v) is 13.0. The molecule has 0 aromatic heterocycles. The molecule has 2 aromatic rings. The molecule has 0 saturated heterocycles. The van der Waals surface area contributed by atoms with Crippen LogP contribution in [0.15, 0.2) is 48.5 Å². The van der Waals surface area contributed by atoms with Gasteiger partial charge in [-0.25, -0.2) is 0 Å². The van der Waals surface area contributed by atoms with E-state index in [1.54, 1.807) is 24.3 Å². The molecular formula is C27H39Cl2N3O5. The number of unbranched alkanes of at least 4 members (excludes halogenated alkanes) is 1. The van der Waals surface area contributed by atoms with E-state index in [4.69, 9.17) is 50.6 Å². The van der Waals surface area contributed by atoms with Crippen LogP contribution < -0.4 is 17.2 Å². The molecule has 1 atom stereocenters. The Morgan fingerprint density at radius 1 is 1.00 bits per heavy atom. The van der Waals surface area contributed by atoms with E-state index in [0.29, 0.717) is 40.9 Å². The van der Waals surface area contributed by atoms with Gasteiger partial charge in [-0.1, -0.05) is 79.2 Å². The average molecular weight is 557 g/mol. The summed E-state index contributed by atoms with van der Waals surface area (Å²) in [5.41, 5.74) is 17.4. The zero-order valence-electron chi connectivity index (χ0n) is 21.0. The van der Waals surface area contributed by atoms with Crippen molar-refractivity contribution in [3.8, 4) is 0 Å². The molecule has 1 fully saturated rings. The van der Waals surface area contributed by atoms with Crippen LogP contribution in [0.2, 0.25) is 10.0 Å². The Balaban J connectivity index is 0.000000471. The third-order valence-electron chi connectivity index (χ3n) is 5.22. The Kier molecular flexibility index (Phi) is 20.1. The molecule has 0 spiro atoms. The van der Waals surface area contributed by atoms with Gasteiger partial charge in [0.05, 0.1) is 11.4 Å². The highest BCUT2D eigenvalue weighted by Gasteiger charge is 2.09. The van der Waals surface area contributed by atoms with Crippen LogP contribution in [0, 0.1) is 0 Å². The summed E-state index contributed by atoms with van der Waals surface area (Å²) in [6.07, 6.45) is 9.63. The van der Waals surface area contributed by atoms with Crippen molar-refractivity contribution < 1.29 is 24.6 Å². The number of carbonyl (C=O) groups is 3. The SMILES string of the molecule is NC1CCCCC1.NCCCC[C@@H](N)C(=O)O.O=C(O)Cc1ccccc1.O=Cc1ccc(Cl)cc1Cl. The van der Waals surface area contributed by atoms with Crippen LogP contribution in [0.4, 0.5) is 0 Å². The maximum absolute atomic E-state index is 10.2. The molecule has 0 aliphatic heterocycles. The molecule has 0 heterocycles. The fraction of sp³-hybridized carbons (Fsp3) is 0.444. The lowest BCUT2D eigenvalue weighted by atomic mass is 9.97. The van der Waals surface area contributed by atoms with Gasteiger partial charge >= 0.3 is 11.9 Å². The predicted octanol–water partition coefficient (Wildman–Crippen LogP) is 4.92. The molecule has 1 aliphatic carbocycles. The van der Waals surface area contributed by atoms with Gasteiger partial charge in [-0.2, -0.15) is 0 Å². The van der Waals surface area contributed by atoms with E-state index in [2.05, 4.69) is 0 Å². The molecule has 1 aliphatic rings. The number of carboxylic acid groups (broad SMARTS) is 2. The van der Waals surface area contributed by atoms with Crippen molar-refractivity contribution in [1.82, 2.24) is 0 Å². The van der Waals surface area contributed by atoms with E-state index >= 15 is 0 Å². The molecule has 8 nitrogen and oxygen atoms in total. The number of carboxylic acids is 2. The Morgan fingerprint density at radius 2 is 1.62 bits per heavy atom. The summed E-state index contributed by atoms with van der Waals surface area (Å²) in [6, 6.07) is 13.7. The van der Waals surface area contributed by atoms with Crippen LogP contribution in [-0.2, 0) is 16.0 Å². The average Bonchev–Trinajstić information content (AvgIpc) is 2.86. The highest BCUT2D eigenvalue weighted by Crippen LogP contribution is 2.19. The fourth-order valence-corrected chi connectivity index (χ4v) is 3.59. The lowest BCUT2D eigenvalue weighted by Gasteiger charge is -2.15. The van der Waals surface area contributed by atoms with E-state index in [1.165, 1.54) is 38.2 Å². The highest BCUT2D eigenvalue weighted by molar-refractivity contribution is 6.36. The third-order valence-corrected chi connectivity index (χ3v) is 5.79. The van der Waals surface area contributed by atoms with Crippen molar-refractivity contribution in [3.63, 3.8) is 0 Å². The number of hydrogen-bond acceptors (Lipinski definition) is 6. The summed E-state index contributed by atoms with van der Waals surface area (Å²) in [5, 5.41) is 17.6. The number of nitrogens with two attached hydrogens (primary N) is 3. The first-order chi connectivity index (χ1) is 17.6. The van der Waals surface area contributed by atoms with Gasteiger partial charge in [0.15, 0.2) is 6.29 Å². The molecule has 2 aromatic carbocycles. The van der Waals surface area contributed by atoms with Gasteiger partial charge < -0.3 is 27.4 Å². The Labute approximate surface area is 229 Å². The van der Waals surface area contributed by atoms with Gasteiger partial charge in [-0.15, -0.1) is 0 Å². The van der Waals surface area contributed by atoms with Crippen LogP contribution in [-0.4, -0.2) is 47.1 Å². The smallest absolute Gasteiger partial charge is 0.320 e. The monoisotopic (exact) mass is 555 g/mol. The van der Waals surface area contributed by atoms with E-state index in [1.807, 2.05) is 18.2 Å². The molecular weight excluding hydrogens is 517 g/mol. The van der Waals surface area contributed by atoms with E-state index in [-0.39, 0.29) is 6.42 Å². The number of aldehydes is 1. The molecule has 0 amide bonds. The summed E-state index contributed by atoms with van der Waals surface area (Å²) in [5.74, 6) is -1.72. The van der Waals surface area contributed by atoms with Crippen molar-refractivity contribution in [2.24, 2.45) is 17.2 Å². The second-order valence-corrected chi connectivity index (χ2v) is 9.31. The number of benzene rings is 2. The second-order valence-electron chi connectivity index (χ2n) is 8.47. The zero-order chi connectivity index (χ0) is 28.1. The Morgan fingerprint density at radius 3 is 2.05 bits per heavy atom. The molecule has 0 unspecified atom stereocenters. The van der Waals surface area contributed by atoms with Crippen LogP contribution in [0.25, 0.3) is 0 Å². The topological polar surface area (TPSA) is 170 Å². The Bertz CT molecular complexity index is 910. The summed E-state index contributed by atoms with van der Waals surface area (Å²) >= 11 is 11.2. The molecule has 8 N–H and O–H groups in total. The standard InChI is InChI=1S/C8H8O2.C7H4Cl2O.C6H14N2O2.C6H13N/c9-8(10)6-7-4-2-1-3-5-7;8-6-2-1-5(4-10)7(9)3-6;7-4-2-1-3-5(8)6(9)10;7-6-4-2-1-3-5-6/h1-5H,6H2,(H,9,10);1-4H;5H,1-4,7-8H2,(H,9,10);6H,1-5,7H2/t;;5-;/m..1./s1. The third kappa shape index (κ3) is 19.3. The molecule has 3 rings (SSSR count). The maximum atomic E-state index is 10.2. The van der Waals surface area contributed by atoms with Crippen molar-refractivity contribution in [2.75, 3.05) is 6.54 Å². The van der Waals surface area contributed by atoms with Gasteiger partial charge in [0.1, 0.15) is 6.04 Å². The largest absolute Gasteiger partial charge is 0.481 e. The lowest BCUT2D eigenvalue weighted by molar-refractivity contribution is -0.139. The summed E-state index contributed by atoms with van der Waals surface area (Å²) in [4.78, 5) is 30.5. The minimum absolute atomic E-state index is 0.112. The minimum Gasteiger partial charge on any atom is -0.481 e. The molecule has 10 heteroatoms. The number of hydrogen-bond donors (Lipinski definition) is 5. The first kappa shape index (κ1) is 34.5. The molecule has 37 heavy (non-hydrogen) atoms. The van der Waals surface area contributed by atoms with E-state index in [0.717, 1.165) is 18.4 Å². The van der Waals surface area contributed by atoms with Gasteiger partial charge in [-0.05, 0) is 56.0 Å². The number of carbonyl (C=O) groups excluding carboxylic acids is 1. The Hall–Kier alpha value is -2.49. The number of halogens is 2. The number of aliphatic carboxylic acids is 2. The van der Waals surface area contributed by atoms with Crippen molar-refractivity contribution >= 4 is 41.4 Å². The quantitative estimate of drug-likeness (QED) is 0.225. The molecule has 0 radical (unpaired) electrons. The zero-order valence-corrected chi connectivity index (χ0v) is 22.5. The fourth-order valence-electron chi connectivity index (χ4n) is 3.13. The lowest BCUT2D eigenvalue weighted by Crippen LogP contribution is -2.29. The predicted molar refractivity (Wildman–Crippen MR) is 149 cm³/mol. The summed E-state index contributed by atoms with van der Waals surface area (Å²) in [6.45, 7) is 0.604. The van der Waals surface area contributed by atoms with Crippen molar-refractivity contribution in [2.45, 2.75) is 69.9 Å². The van der Waals surface area contributed by atoms with Crippen LogP contribution in [0.3, 0.4) is 0 Å². The maximum Gasteiger partial charge on any atom is 0.320 e. The van der Waals surface area contributed by atoms with Crippen molar-refractivity contribution in [3.05, 3.63) is 69.7 Å². The van der Waals surface area contributed by atoms with Gasteiger partial charge in [0.25, 0.3) is 0 Å². The molecule has 1 saturated carbocycles. The highest BCUT2D eigenvalue weighted by atomic mass is 35.5. The second kappa shape index (κ2) is 21.6. The van der Waals surface area contributed by atoms with Crippen LogP contribution in [0.1, 0.15) is 67.3 Å². The molecule has 206 valence electrons. The van der Waals surface area contributed by atoms with Gasteiger partial charge in [0, 0.05) is 16.6 Å². The van der Waals surface area contributed by atoms with Crippen molar-refractivity contribution in [1.29, 1.82) is 0 Å². The molecule has 0 bridgehead atoms. The first-order valence-electron chi connectivity index (χ1n) is 12.2.